The van der Waals surface area contributed by atoms with Crippen LogP contribution in [0.15, 0.2) is 12.2 Å². The van der Waals surface area contributed by atoms with E-state index in [1.54, 1.807) is 6.92 Å². The number of ketones is 1. The molecule has 0 saturated heterocycles. The Balaban J connectivity index is 3.54. The minimum Gasteiger partial charge on any atom is -0.395 e. The van der Waals surface area contributed by atoms with Gasteiger partial charge in [0.2, 0.25) is 0 Å². The van der Waals surface area contributed by atoms with E-state index in [1.165, 1.54) is 0 Å². The van der Waals surface area contributed by atoms with E-state index in [0.29, 0.717) is 18.4 Å². The van der Waals surface area contributed by atoms with Gasteiger partial charge in [-0.25, -0.2) is 0 Å². The molecule has 0 aliphatic heterocycles. The molecule has 11 heavy (non-hydrogen) atoms. The molecule has 0 fully saturated rings. The number of alkyl halides is 1. The fourth-order valence-corrected chi connectivity index (χ4v) is 0.821. The number of aliphatic hydroxyl groups excluding tert-OH is 1. The summed E-state index contributed by atoms with van der Waals surface area (Å²) in [5.41, 5.74) is 0.586. The first-order valence-electron chi connectivity index (χ1n) is 3.51. The molecule has 1 N–H and O–H groups in total. The standard InChI is InChI=1S/C8H13BrO2/c1-6(2)8(11)4-3-7(9)5-10/h7,10H,1,3-5H2,2H3. The highest BCUT2D eigenvalue weighted by Crippen LogP contribution is 2.09. The van der Waals surface area contributed by atoms with Crippen LogP contribution in [0.5, 0.6) is 0 Å². The van der Waals surface area contributed by atoms with Crippen LogP contribution in [0, 0.1) is 0 Å². The van der Waals surface area contributed by atoms with Gasteiger partial charge in [0.25, 0.3) is 0 Å². The van der Waals surface area contributed by atoms with Crippen molar-refractivity contribution in [3.05, 3.63) is 12.2 Å². The van der Waals surface area contributed by atoms with Crippen molar-refractivity contribution in [1.29, 1.82) is 0 Å². The van der Waals surface area contributed by atoms with Gasteiger partial charge in [-0.3, -0.25) is 4.79 Å². The van der Waals surface area contributed by atoms with Crippen LogP contribution < -0.4 is 0 Å². The van der Waals surface area contributed by atoms with Gasteiger partial charge in [0.1, 0.15) is 0 Å². The minimum absolute atomic E-state index is 0.0331. The number of aliphatic hydroxyl groups is 1. The lowest BCUT2D eigenvalue weighted by molar-refractivity contribution is -0.115. The number of Topliss-reactive ketones (excluding diaryl/α,β-unsaturated/α-hetero) is 1. The molecular formula is C8H13BrO2. The van der Waals surface area contributed by atoms with Gasteiger partial charge in [-0.15, -0.1) is 0 Å². The second-order valence-electron chi connectivity index (χ2n) is 2.52. The van der Waals surface area contributed by atoms with Crippen LogP contribution in [0.3, 0.4) is 0 Å². The number of allylic oxidation sites excluding steroid dienone is 1. The molecule has 0 saturated carbocycles. The number of hydrogen-bond acceptors (Lipinski definition) is 2. The van der Waals surface area contributed by atoms with Crippen molar-refractivity contribution in [3.63, 3.8) is 0 Å². The van der Waals surface area contributed by atoms with E-state index in [9.17, 15) is 4.79 Å². The highest BCUT2D eigenvalue weighted by atomic mass is 79.9. The van der Waals surface area contributed by atoms with Gasteiger partial charge in [-0.05, 0) is 18.9 Å². The first kappa shape index (κ1) is 10.8. The van der Waals surface area contributed by atoms with Crippen LogP contribution in [0.2, 0.25) is 0 Å². The topological polar surface area (TPSA) is 37.3 Å². The maximum Gasteiger partial charge on any atom is 0.158 e. The third-order valence-electron chi connectivity index (χ3n) is 1.36. The Morgan fingerprint density at radius 3 is 2.64 bits per heavy atom. The van der Waals surface area contributed by atoms with Crippen LogP contribution in [-0.2, 0) is 4.79 Å². The van der Waals surface area contributed by atoms with Crippen molar-refractivity contribution in [3.8, 4) is 0 Å². The first-order chi connectivity index (χ1) is 5.07. The molecule has 0 aromatic rings. The molecule has 0 rings (SSSR count). The second kappa shape index (κ2) is 5.49. The Labute approximate surface area is 75.4 Å². The first-order valence-corrected chi connectivity index (χ1v) is 4.43. The van der Waals surface area contributed by atoms with Crippen molar-refractivity contribution >= 4 is 21.7 Å². The van der Waals surface area contributed by atoms with E-state index in [2.05, 4.69) is 22.5 Å². The van der Waals surface area contributed by atoms with E-state index in [1.807, 2.05) is 0 Å². The molecule has 0 aliphatic rings. The van der Waals surface area contributed by atoms with Crippen LogP contribution in [0.4, 0.5) is 0 Å². The number of halogens is 1. The second-order valence-corrected chi connectivity index (χ2v) is 3.82. The van der Waals surface area contributed by atoms with Gasteiger partial charge in [-0.1, -0.05) is 22.5 Å². The summed E-state index contributed by atoms with van der Waals surface area (Å²) >= 11 is 3.22. The zero-order valence-corrected chi connectivity index (χ0v) is 8.23. The Hall–Kier alpha value is -0.150. The minimum atomic E-state index is 0.0331. The zero-order chi connectivity index (χ0) is 8.85. The molecule has 64 valence electrons. The molecule has 0 amide bonds. The van der Waals surface area contributed by atoms with E-state index in [-0.39, 0.29) is 17.2 Å². The molecule has 0 aliphatic carbocycles. The number of rotatable bonds is 5. The van der Waals surface area contributed by atoms with Gasteiger partial charge >= 0.3 is 0 Å². The molecule has 0 aromatic heterocycles. The Bertz CT molecular complexity index is 154. The lowest BCUT2D eigenvalue weighted by atomic mass is 10.1. The van der Waals surface area contributed by atoms with E-state index >= 15 is 0 Å². The van der Waals surface area contributed by atoms with Crippen molar-refractivity contribution in [2.75, 3.05) is 6.61 Å². The average molecular weight is 221 g/mol. The van der Waals surface area contributed by atoms with E-state index in [0.717, 1.165) is 0 Å². The van der Waals surface area contributed by atoms with Crippen LogP contribution in [0.25, 0.3) is 0 Å². The monoisotopic (exact) mass is 220 g/mol. The fraction of sp³-hybridized carbons (Fsp3) is 0.625. The maximum atomic E-state index is 11.0. The highest BCUT2D eigenvalue weighted by molar-refractivity contribution is 9.09. The number of carbonyl (C=O) groups is 1. The van der Waals surface area contributed by atoms with Crippen molar-refractivity contribution in [1.82, 2.24) is 0 Å². The molecule has 1 atom stereocenters. The highest BCUT2D eigenvalue weighted by Gasteiger charge is 2.06. The maximum absolute atomic E-state index is 11.0. The summed E-state index contributed by atoms with van der Waals surface area (Å²) in [7, 11) is 0. The Morgan fingerprint density at radius 2 is 2.27 bits per heavy atom. The summed E-state index contributed by atoms with van der Waals surface area (Å²) in [5.74, 6) is 0.0721. The molecule has 0 bridgehead atoms. The summed E-state index contributed by atoms with van der Waals surface area (Å²) in [4.78, 5) is 11.0. The molecule has 0 radical (unpaired) electrons. The summed E-state index contributed by atoms with van der Waals surface area (Å²) < 4.78 is 0. The van der Waals surface area contributed by atoms with Crippen molar-refractivity contribution in [2.45, 2.75) is 24.6 Å². The molecule has 0 aromatic carbocycles. The van der Waals surface area contributed by atoms with Gasteiger partial charge < -0.3 is 5.11 Å². The Morgan fingerprint density at radius 1 is 1.73 bits per heavy atom. The summed E-state index contributed by atoms with van der Waals surface area (Å²) in [5, 5.41) is 8.61. The fourth-order valence-electron chi connectivity index (χ4n) is 0.592. The quantitative estimate of drug-likeness (QED) is 0.566. The lowest BCUT2D eigenvalue weighted by Gasteiger charge is -2.03. The predicted molar refractivity (Wildman–Crippen MR) is 48.9 cm³/mol. The number of hydrogen-bond donors (Lipinski definition) is 1. The SMILES string of the molecule is C=C(C)C(=O)CCC(Br)CO. The largest absolute Gasteiger partial charge is 0.395 e. The predicted octanol–water partition coefficient (Wildman–Crippen LogP) is 1.67. The van der Waals surface area contributed by atoms with Gasteiger partial charge in [-0.2, -0.15) is 0 Å². The average Bonchev–Trinajstić information content (AvgIpc) is 1.99. The molecule has 0 spiro atoms. The summed E-state index contributed by atoms with van der Waals surface area (Å²) in [6.07, 6.45) is 1.13. The van der Waals surface area contributed by atoms with E-state index < -0.39 is 0 Å². The molecule has 0 heterocycles. The van der Waals surface area contributed by atoms with Gasteiger partial charge in [0.15, 0.2) is 5.78 Å². The summed E-state index contributed by atoms with van der Waals surface area (Å²) in [6, 6.07) is 0. The van der Waals surface area contributed by atoms with E-state index in [4.69, 9.17) is 5.11 Å². The normalized spacial score (nSPS) is 12.6. The lowest BCUT2D eigenvalue weighted by Crippen LogP contribution is -2.07. The molecular weight excluding hydrogens is 208 g/mol. The molecule has 2 nitrogen and oxygen atoms in total. The molecule has 3 heteroatoms. The van der Waals surface area contributed by atoms with Crippen LogP contribution in [0.1, 0.15) is 19.8 Å². The van der Waals surface area contributed by atoms with Gasteiger partial charge in [0, 0.05) is 11.2 Å². The van der Waals surface area contributed by atoms with Crippen LogP contribution >= 0.6 is 15.9 Å². The van der Waals surface area contributed by atoms with Crippen molar-refractivity contribution in [2.24, 2.45) is 0 Å². The smallest absolute Gasteiger partial charge is 0.158 e. The summed E-state index contributed by atoms with van der Waals surface area (Å²) in [6.45, 7) is 5.30. The van der Waals surface area contributed by atoms with Crippen LogP contribution in [-0.4, -0.2) is 22.3 Å². The zero-order valence-electron chi connectivity index (χ0n) is 6.64. The Kier molecular flexibility index (Phi) is 5.42. The third kappa shape index (κ3) is 5.16. The third-order valence-corrected chi connectivity index (χ3v) is 2.11. The van der Waals surface area contributed by atoms with Gasteiger partial charge in [0.05, 0.1) is 6.61 Å². The molecule has 1 unspecified atom stereocenters. The number of carbonyl (C=O) groups excluding carboxylic acids is 1. The van der Waals surface area contributed by atoms with Crippen molar-refractivity contribution < 1.29 is 9.90 Å².